The van der Waals surface area contributed by atoms with E-state index in [1.165, 1.54) is 11.3 Å². The summed E-state index contributed by atoms with van der Waals surface area (Å²) >= 11 is 1.53. The summed E-state index contributed by atoms with van der Waals surface area (Å²) < 4.78 is 28.1. The minimum absolute atomic E-state index is 0.216. The van der Waals surface area contributed by atoms with Crippen LogP contribution in [0.3, 0.4) is 0 Å². The lowest BCUT2D eigenvalue weighted by atomic mass is 10.2. The number of benzene rings is 1. The number of pyridine rings is 1. The zero-order valence-electron chi connectivity index (χ0n) is 12.3. The molecule has 0 radical (unpaired) electrons. The summed E-state index contributed by atoms with van der Waals surface area (Å²) in [5, 5.41) is 2.76. The zero-order valence-corrected chi connectivity index (χ0v) is 13.9. The topological polar surface area (TPSA) is 59.1 Å². The van der Waals surface area contributed by atoms with Gasteiger partial charge in [-0.25, -0.2) is 13.1 Å². The Morgan fingerprint density at radius 1 is 1.23 bits per heavy atom. The highest BCUT2D eigenvalue weighted by molar-refractivity contribution is 7.89. The molecule has 114 valence electrons. The van der Waals surface area contributed by atoms with Crippen LogP contribution in [0, 0.1) is 6.92 Å². The molecule has 0 spiro atoms. The number of thiophene rings is 1. The van der Waals surface area contributed by atoms with Gasteiger partial charge in [-0.3, -0.25) is 4.98 Å². The molecule has 0 saturated heterocycles. The van der Waals surface area contributed by atoms with Crippen molar-refractivity contribution < 1.29 is 8.42 Å². The normalized spacial score (nSPS) is 13.4. The second-order valence-corrected chi connectivity index (χ2v) is 7.86. The van der Waals surface area contributed by atoms with Crippen molar-refractivity contribution in [1.29, 1.82) is 0 Å². The summed E-state index contributed by atoms with van der Waals surface area (Å²) in [5.74, 6) is 0. The van der Waals surface area contributed by atoms with Crippen molar-refractivity contribution in [3.05, 3.63) is 58.4 Å². The van der Waals surface area contributed by atoms with E-state index >= 15 is 0 Å². The van der Waals surface area contributed by atoms with E-state index in [-0.39, 0.29) is 10.9 Å². The van der Waals surface area contributed by atoms with Gasteiger partial charge in [0.15, 0.2) is 0 Å². The molecule has 3 aromatic rings. The minimum atomic E-state index is -3.63. The fourth-order valence-electron chi connectivity index (χ4n) is 2.35. The maximum absolute atomic E-state index is 12.7. The Balaban J connectivity index is 2.02. The van der Waals surface area contributed by atoms with E-state index in [4.69, 9.17) is 0 Å². The molecule has 0 amide bonds. The fourth-order valence-corrected chi connectivity index (χ4v) is 4.56. The third-order valence-corrected chi connectivity index (χ3v) is 6.03. The van der Waals surface area contributed by atoms with Crippen LogP contribution in [0.1, 0.15) is 23.4 Å². The number of aromatic nitrogens is 1. The Morgan fingerprint density at radius 2 is 2.05 bits per heavy atom. The van der Waals surface area contributed by atoms with Crippen LogP contribution in [-0.2, 0) is 10.0 Å². The minimum Gasteiger partial charge on any atom is -0.255 e. The van der Waals surface area contributed by atoms with E-state index in [2.05, 4.69) is 9.71 Å². The number of nitrogens with one attached hydrogen (secondary N) is 1. The van der Waals surface area contributed by atoms with Gasteiger partial charge >= 0.3 is 0 Å². The van der Waals surface area contributed by atoms with Gasteiger partial charge in [-0.1, -0.05) is 18.2 Å². The molecule has 0 aliphatic carbocycles. The Morgan fingerprint density at radius 3 is 2.77 bits per heavy atom. The molecular weight excluding hydrogens is 316 g/mol. The van der Waals surface area contributed by atoms with E-state index < -0.39 is 10.0 Å². The first-order valence-electron chi connectivity index (χ1n) is 6.88. The van der Waals surface area contributed by atoms with Crippen LogP contribution in [0.25, 0.3) is 10.9 Å². The largest absolute Gasteiger partial charge is 0.255 e. The summed E-state index contributed by atoms with van der Waals surface area (Å²) in [6.45, 7) is 3.77. The second kappa shape index (κ2) is 5.79. The molecule has 0 aliphatic heterocycles. The van der Waals surface area contributed by atoms with Crippen molar-refractivity contribution in [2.24, 2.45) is 0 Å². The average Bonchev–Trinajstić information content (AvgIpc) is 3.00. The summed E-state index contributed by atoms with van der Waals surface area (Å²) in [4.78, 5) is 5.50. The van der Waals surface area contributed by atoms with Crippen molar-refractivity contribution in [3.63, 3.8) is 0 Å². The molecule has 22 heavy (non-hydrogen) atoms. The highest BCUT2D eigenvalue weighted by Crippen LogP contribution is 2.25. The molecule has 4 nitrogen and oxygen atoms in total. The number of hydrogen-bond acceptors (Lipinski definition) is 4. The number of aryl methyl sites for hydroxylation is 1. The third-order valence-electron chi connectivity index (χ3n) is 3.40. The predicted octanol–water partition coefficient (Wildman–Crippen LogP) is 3.64. The van der Waals surface area contributed by atoms with Gasteiger partial charge in [0, 0.05) is 16.5 Å². The number of rotatable bonds is 4. The van der Waals surface area contributed by atoms with E-state index in [0.717, 1.165) is 15.8 Å². The van der Waals surface area contributed by atoms with Crippen LogP contribution in [0.2, 0.25) is 0 Å². The molecule has 0 fully saturated rings. The van der Waals surface area contributed by atoms with E-state index in [0.29, 0.717) is 5.52 Å². The van der Waals surface area contributed by atoms with Crippen LogP contribution in [-0.4, -0.2) is 13.4 Å². The molecule has 1 atom stereocenters. The Kier molecular flexibility index (Phi) is 3.99. The van der Waals surface area contributed by atoms with Gasteiger partial charge in [-0.2, -0.15) is 0 Å². The monoisotopic (exact) mass is 332 g/mol. The highest BCUT2D eigenvalue weighted by atomic mass is 32.2. The first kappa shape index (κ1) is 15.1. The summed E-state index contributed by atoms with van der Waals surface area (Å²) in [5.41, 5.74) is 1.50. The van der Waals surface area contributed by atoms with Gasteiger partial charge < -0.3 is 0 Å². The maximum atomic E-state index is 12.7. The highest BCUT2D eigenvalue weighted by Gasteiger charge is 2.21. The molecule has 1 aromatic carbocycles. The first-order chi connectivity index (χ1) is 10.5. The lowest BCUT2D eigenvalue weighted by Gasteiger charge is -2.14. The van der Waals surface area contributed by atoms with E-state index in [9.17, 15) is 8.42 Å². The summed E-state index contributed by atoms with van der Waals surface area (Å²) in [6.07, 6.45) is 1.68. The Hall–Kier alpha value is -1.76. The molecule has 6 heteroatoms. The maximum Gasteiger partial charge on any atom is 0.243 e. The molecule has 0 bridgehead atoms. The molecule has 1 N–H and O–H groups in total. The van der Waals surface area contributed by atoms with Crippen LogP contribution in [0.5, 0.6) is 0 Å². The fraction of sp³-hybridized carbons (Fsp3) is 0.188. The average molecular weight is 332 g/mol. The van der Waals surface area contributed by atoms with Gasteiger partial charge in [0.2, 0.25) is 10.0 Å². The van der Waals surface area contributed by atoms with Gasteiger partial charge in [-0.15, -0.1) is 11.3 Å². The number of fused-ring (bicyclic) bond motifs is 1. The second-order valence-electron chi connectivity index (χ2n) is 5.20. The number of sulfonamides is 1. The lowest BCUT2D eigenvalue weighted by Crippen LogP contribution is -2.26. The van der Waals surface area contributed by atoms with Gasteiger partial charge in [0.05, 0.1) is 11.6 Å². The molecule has 3 rings (SSSR count). The van der Waals surface area contributed by atoms with Gasteiger partial charge in [-0.05, 0) is 43.0 Å². The smallest absolute Gasteiger partial charge is 0.243 e. The Labute approximate surface area is 133 Å². The van der Waals surface area contributed by atoms with Crippen LogP contribution in [0.4, 0.5) is 0 Å². The Bertz CT molecular complexity index is 903. The summed E-state index contributed by atoms with van der Waals surface area (Å²) in [7, 11) is -3.63. The van der Waals surface area contributed by atoms with Crippen LogP contribution >= 0.6 is 11.3 Å². The molecule has 0 saturated carbocycles. The quantitative estimate of drug-likeness (QED) is 0.793. The van der Waals surface area contributed by atoms with Gasteiger partial charge in [0.25, 0.3) is 0 Å². The SMILES string of the molecule is Cc1cnc2c(S(=O)(=O)NC(C)c3cccs3)cccc2c1. The molecular formula is C16H16N2O2S2. The van der Waals surface area contributed by atoms with Crippen molar-refractivity contribution in [2.75, 3.05) is 0 Å². The van der Waals surface area contributed by atoms with Crippen molar-refractivity contribution >= 4 is 32.3 Å². The molecule has 2 aromatic heterocycles. The summed E-state index contributed by atoms with van der Waals surface area (Å²) in [6, 6.07) is 10.7. The van der Waals surface area contributed by atoms with Crippen molar-refractivity contribution in [2.45, 2.75) is 24.8 Å². The zero-order chi connectivity index (χ0) is 15.7. The first-order valence-corrected chi connectivity index (χ1v) is 9.25. The van der Waals surface area contributed by atoms with Crippen molar-refractivity contribution in [1.82, 2.24) is 9.71 Å². The molecule has 1 unspecified atom stereocenters. The van der Waals surface area contributed by atoms with E-state index in [1.807, 2.05) is 43.5 Å². The number of para-hydroxylation sites is 1. The van der Waals surface area contributed by atoms with Crippen LogP contribution in [0.15, 0.2) is 52.9 Å². The van der Waals surface area contributed by atoms with Crippen molar-refractivity contribution in [3.8, 4) is 0 Å². The third kappa shape index (κ3) is 2.90. The standard InChI is InChI=1S/C16H16N2O2S2/c1-11-9-13-5-3-7-15(16(13)17-10-11)22(19,20)18-12(2)14-6-4-8-21-14/h3-10,12,18H,1-2H3. The predicted molar refractivity (Wildman–Crippen MR) is 89.5 cm³/mol. The van der Waals surface area contributed by atoms with Crippen LogP contribution < -0.4 is 4.72 Å². The van der Waals surface area contributed by atoms with Gasteiger partial charge in [0.1, 0.15) is 4.90 Å². The number of hydrogen-bond donors (Lipinski definition) is 1. The molecule has 0 aliphatic rings. The molecule has 2 heterocycles. The lowest BCUT2D eigenvalue weighted by molar-refractivity contribution is 0.569. The number of nitrogens with zero attached hydrogens (tertiary/aromatic N) is 1. The van der Waals surface area contributed by atoms with E-state index in [1.54, 1.807) is 18.3 Å².